The third-order valence-corrected chi connectivity index (χ3v) is 5.32. The van der Waals surface area contributed by atoms with Gasteiger partial charge in [-0.2, -0.15) is 4.98 Å². The van der Waals surface area contributed by atoms with E-state index in [1.807, 2.05) is 54.6 Å². The molecule has 0 saturated carbocycles. The first-order valence-corrected chi connectivity index (χ1v) is 9.71. The summed E-state index contributed by atoms with van der Waals surface area (Å²) in [5, 5.41) is 6.14. The van der Waals surface area contributed by atoms with Gasteiger partial charge < -0.3 is 10.6 Å². The van der Waals surface area contributed by atoms with E-state index in [1.54, 1.807) is 4.68 Å². The topological polar surface area (TPSA) is 72.9 Å². The second kappa shape index (κ2) is 6.80. The Hall–Kier alpha value is -3.12. The molecular formula is C21H19ClN6. The fourth-order valence-electron chi connectivity index (χ4n) is 3.64. The highest BCUT2D eigenvalue weighted by Crippen LogP contribution is 2.34. The minimum Gasteiger partial charge on any atom is -0.383 e. The summed E-state index contributed by atoms with van der Waals surface area (Å²) in [6.07, 6.45) is 2.31. The standard InChI is InChI=1S/C21H19ClN6/c22-15-8-10-16(11-9-15)28-19(23)17-18(14-6-2-1-3-7-14)24-21(25-20(17)26-28)27-12-4-5-13-27/h1-3,6-11H,4-5,12-13,23H2. The number of halogens is 1. The van der Waals surface area contributed by atoms with Gasteiger partial charge >= 0.3 is 0 Å². The van der Waals surface area contributed by atoms with E-state index >= 15 is 0 Å². The zero-order chi connectivity index (χ0) is 19.1. The first-order chi connectivity index (χ1) is 13.7. The smallest absolute Gasteiger partial charge is 0.228 e. The largest absolute Gasteiger partial charge is 0.383 e. The SMILES string of the molecule is Nc1c2c(-c3ccccc3)nc(N3CCCC3)nc2nn1-c1ccc(Cl)cc1. The number of nitrogen functional groups attached to an aromatic ring is 1. The number of aromatic nitrogens is 4. The van der Waals surface area contributed by atoms with Crippen LogP contribution in [0.15, 0.2) is 54.6 Å². The molecule has 140 valence electrons. The molecule has 3 heterocycles. The van der Waals surface area contributed by atoms with Crippen LogP contribution in [-0.4, -0.2) is 32.8 Å². The van der Waals surface area contributed by atoms with Gasteiger partial charge in [-0.15, -0.1) is 5.10 Å². The Labute approximate surface area is 167 Å². The Kier molecular flexibility index (Phi) is 4.13. The number of nitrogens with two attached hydrogens (primary N) is 1. The van der Waals surface area contributed by atoms with Crippen molar-refractivity contribution in [3.05, 3.63) is 59.6 Å². The van der Waals surface area contributed by atoms with Crippen molar-refractivity contribution in [2.75, 3.05) is 23.7 Å². The Morgan fingerprint density at radius 2 is 1.61 bits per heavy atom. The average molecular weight is 391 g/mol. The van der Waals surface area contributed by atoms with E-state index in [1.165, 1.54) is 0 Å². The van der Waals surface area contributed by atoms with E-state index in [4.69, 9.17) is 32.4 Å². The molecule has 1 aliphatic heterocycles. The molecule has 0 radical (unpaired) electrons. The molecule has 28 heavy (non-hydrogen) atoms. The van der Waals surface area contributed by atoms with Gasteiger partial charge in [-0.25, -0.2) is 9.67 Å². The molecule has 5 rings (SSSR count). The maximum atomic E-state index is 6.52. The molecule has 0 bridgehead atoms. The lowest BCUT2D eigenvalue weighted by Gasteiger charge is -2.16. The van der Waals surface area contributed by atoms with Crippen molar-refractivity contribution < 1.29 is 0 Å². The van der Waals surface area contributed by atoms with E-state index in [-0.39, 0.29) is 0 Å². The molecule has 0 amide bonds. The van der Waals surface area contributed by atoms with Crippen LogP contribution in [0.2, 0.25) is 5.02 Å². The van der Waals surface area contributed by atoms with Crippen molar-refractivity contribution in [2.24, 2.45) is 0 Å². The Morgan fingerprint density at radius 3 is 2.32 bits per heavy atom. The lowest BCUT2D eigenvalue weighted by atomic mass is 10.1. The summed E-state index contributed by atoms with van der Waals surface area (Å²) in [4.78, 5) is 11.9. The minimum absolute atomic E-state index is 0.518. The van der Waals surface area contributed by atoms with Crippen LogP contribution >= 0.6 is 11.6 Å². The van der Waals surface area contributed by atoms with Gasteiger partial charge in [-0.1, -0.05) is 41.9 Å². The molecule has 0 unspecified atom stereocenters. The number of fused-ring (bicyclic) bond motifs is 1. The summed E-state index contributed by atoms with van der Waals surface area (Å²) >= 11 is 6.03. The summed E-state index contributed by atoms with van der Waals surface area (Å²) in [6, 6.07) is 17.5. The van der Waals surface area contributed by atoms with Crippen LogP contribution < -0.4 is 10.6 Å². The van der Waals surface area contributed by atoms with E-state index in [0.29, 0.717) is 22.4 Å². The maximum absolute atomic E-state index is 6.52. The van der Waals surface area contributed by atoms with E-state index in [0.717, 1.165) is 48.3 Å². The number of hydrogen-bond donors (Lipinski definition) is 1. The van der Waals surface area contributed by atoms with Crippen LogP contribution in [0.3, 0.4) is 0 Å². The molecule has 1 fully saturated rings. The van der Waals surface area contributed by atoms with Crippen molar-refractivity contribution in [2.45, 2.75) is 12.8 Å². The number of benzene rings is 2. The minimum atomic E-state index is 0.518. The summed E-state index contributed by atoms with van der Waals surface area (Å²) in [5.74, 6) is 1.23. The molecule has 0 aliphatic carbocycles. The van der Waals surface area contributed by atoms with Crippen molar-refractivity contribution in [3.8, 4) is 16.9 Å². The fourth-order valence-corrected chi connectivity index (χ4v) is 3.77. The van der Waals surface area contributed by atoms with Gasteiger partial charge in [0.15, 0.2) is 5.65 Å². The predicted octanol–water partition coefficient (Wildman–Crippen LogP) is 4.32. The van der Waals surface area contributed by atoms with Crippen molar-refractivity contribution in [1.82, 2.24) is 19.7 Å². The zero-order valence-electron chi connectivity index (χ0n) is 15.2. The first-order valence-electron chi connectivity index (χ1n) is 9.33. The van der Waals surface area contributed by atoms with Crippen molar-refractivity contribution in [1.29, 1.82) is 0 Å². The molecule has 1 aliphatic rings. The van der Waals surface area contributed by atoms with Crippen LogP contribution in [0.25, 0.3) is 28.0 Å². The monoisotopic (exact) mass is 390 g/mol. The molecule has 2 N–H and O–H groups in total. The fraction of sp³-hybridized carbons (Fsp3) is 0.190. The van der Waals surface area contributed by atoms with Gasteiger partial charge in [0.2, 0.25) is 5.95 Å². The second-order valence-corrected chi connectivity index (χ2v) is 7.34. The van der Waals surface area contributed by atoms with E-state index in [9.17, 15) is 0 Å². The number of hydrogen-bond acceptors (Lipinski definition) is 5. The van der Waals surface area contributed by atoms with Crippen molar-refractivity contribution >= 4 is 34.4 Å². The van der Waals surface area contributed by atoms with Gasteiger partial charge in [0, 0.05) is 23.7 Å². The molecule has 1 saturated heterocycles. The highest BCUT2D eigenvalue weighted by molar-refractivity contribution is 6.30. The molecule has 0 spiro atoms. The normalized spacial score (nSPS) is 14.1. The van der Waals surface area contributed by atoms with Crippen LogP contribution in [0.5, 0.6) is 0 Å². The zero-order valence-corrected chi connectivity index (χ0v) is 16.0. The van der Waals surface area contributed by atoms with Gasteiger partial charge in [0.05, 0.1) is 16.8 Å². The number of anilines is 2. The van der Waals surface area contributed by atoms with Crippen LogP contribution in [-0.2, 0) is 0 Å². The summed E-state index contributed by atoms with van der Waals surface area (Å²) in [5.41, 5.74) is 9.77. The van der Waals surface area contributed by atoms with E-state index < -0.39 is 0 Å². The molecule has 2 aromatic carbocycles. The third-order valence-electron chi connectivity index (χ3n) is 5.06. The summed E-state index contributed by atoms with van der Waals surface area (Å²) < 4.78 is 1.70. The molecular weight excluding hydrogens is 372 g/mol. The second-order valence-electron chi connectivity index (χ2n) is 6.90. The highest BCUT2D eigenvalue weighted by atomic mass is 35.5. The molecule has 6 nitrogen and oxygen atoms in total. The lowest BCUT2D eigenvalue weighted by molar-refractivity contribution is 0.883. The van der Waals surface area contributed by atoms with Gasteiger partial charge in [0.1, 0.15) is 5.82 Å². The van der Waals surface area contributed by atoms with Crippen LogP contribution in [0.1, 0.15) is 12.8 Å². The van der Waals surface area contributed by atoms with Gasteiger partial charge in [-0.3, -0.25) is 0 Å². The van der Waals surface area contributed by atoms with Gasteiger partial charge in [-0.05, 0) is 37.1 Å². The predicted molar refractivity (Wildman–Crippen MR) is 113 cm³/mol. The summed E-state index contributed by atoms with van der Waals surface area (Å²) in [7, 11) is 0. The maximum Gasteiger partial charge on any atom is 0.228 e. The third kappa shape index (κ3) is 2.86. The number of nitrogens with zero attached hydrogens (tertiary/aromatic N) is 5. The van der Waals surface area contributed by atoms with Crippen LogP contribution in [0.4, 0.5) is 11.8 Å². The molecule has 7 heteroatoms. The van der Waals surface area contributed by atoms with Crippen molar-refractivity contribution in [3.63, 3.8) is 0 Å². The number of rotatable bonds is 3. The average Bonchev–Trinajstić information content (AvgIpc) is 3.37. The summed E-state index contributed by atoms with van der Waals surface area (Å²) in [6.45, 7) is 1.93. The van der Waals surface area contributed by atoms with E-state index in [2.05, 4.69) is 4.90 Å². The van der Waals surface area contributed by atoms with Crippen LogP contribution in [0, 0.1) is 0 Å². The molecule has 4 aromatic rings. The Balaban J connectivity index is 1.76. The quantitative estimate of drug-likeness (QED) is 0.564. The lowest BCUT2D eigenvalue weighted by Crippen LogP contribution is -2.20. The Morgan fingerprint density at radius 1 is 0.893 bits per heavy atom. The van der Waals surface area contributed by atoms with Gasteiger partial charge in [0.25, 0.3) is 0 Å². The first kappa shape index (κ1) is 17.0. The molecule has 2 aromatic heterocycles. The highest BCUT2D eigenvalue weighted by Gasteiger charge is 2.22. The molecule has 0 atom stereocenters. The Bertz CT molecular complexity index is 1130.